The molecule has 0 atom stereocenters. The molecule has 2 aromatic heterocycles. The van der Waals surface area contributed by atoms with Gasteiger partial charge < -0.3 is 10.2 Å². The SMILES string of the molecule is CNCc1ccnc(N(C)Cc2cccc(C)n2)c1F. The number of pyridine rings is 2. The van der Waals surface area contributed by atoms with E-state index >= 15 is 0 Å². The van der Waals surface area contributed by atoms with E-state index in [1.54, 1.807) is 24.2 Å². The Labute approximate surface area is 118 Å². The van der Waals surface area contributed by atoms with Gasteiger partial charge in [-0.1, -0.05) is 6.07 Å². The highest BCUT2D eigenvalue weighted by Crippen LogP contribution is 2.19. The Bertz CT molecular complexity index is 586. The van der Waals surface area contributed by atoms with E-state index in [0.717, 1.165) is 11.4 Å². The molecule has 0 saturated heterocycles. The number of nitrogens with one attached hydrogen (secondary N) is 1. The van der Waals surface area contributed by atoms with Gasteiger partial charge in [0.15, 0.2) is 11.6 Å². The van der Waals surface area contributed by atoms with Crippen LogP contribution in [0.2, 0.25) is 0 Å². The summed E-state index contributed by atoms with van der Waals surface area (Å²) in [6.45, 7) is 2.95. The van der Waals surface area contributed by atoms with E-state index in [9.17, 15) is 4.39 Å². The van der Waals surface area contributed by atoms with E-state index in [-0.39, 0.29) is 5.82 Å². The van der Waals surface area contributed by atoms with Crippen molar-refractivity contribution in [3.05, 3.63) is 53.2 Å². The van der Waals surface area contributed by atoms with Crippen molar-refractivity contribution in [1.29, 1.82) is 0 Å². The summed E-state index contributed by atoms with van der Waals surface area (Å²) in [7, 11) is 3.61. The van der Waals surface area contributed by atoms with Gasteiger partial charge in [0.2, 0.25) is 0 Å². The maximum atomic E-state index is 14.3. The topological polar surface area (TPSA) is 41.1 Å². The summed E-state index contributed by atoms with van der Waals surface area (Å²) in [5, 5.41) is 2.95. The quantitative estimate of drug-likeness (QED) is 0.908. The molecule has 1 N–H and O–H groups in total. The smallest absolute Gasteiger partial charge is 0.170 e. The average molecular weight is 274 g/mol. The zero-order chi connectivity index (χ0) is 14.5. The van der Waals surface area contributed by atoms with Crippen LogP contribution in [0.5, 0.6) is 0 Å². The summed E-state index contributed by atoms with van der Waals surface area (Å²) in [4.78, 5) is 10.3. The number of halogens is 1. The van der Waals surface area contributed by atoms with Gasteiger partial charge in [0.05, 0.1) is 12.2 Å². The van der Waals surface area contributed by atoms with Crippen LogP contribution in [-0.4, -0.2) is 24.1 Å². The molecule has 0 spiro atoms. The predicted octanol–water partition coefficient (Wildman–Crippen LogP) is 2.28. The first kappa shape index (κ1) is 14.4. The Morgan fingerprint density at radius 3 is 2.80 bits per heavy atom. The van der Waals surface area contributed by atoms with E-state index in [1.165, 1.54) is 0 Å². The average Bonchev–Trinajstić information content (AvgIpc) is 2.41. The molecular weight excluding hydrogens is 255 g/mol. The van der Waals surface area contributed by atoms with Crippen molar-refractivity contribution < 1.29 is 4.39 Å². The Hall–Kier alpha value is -2.01. The summed E-state index contributed by atoms with van der Waals surface area (Å²) < 4.78 is 14.3. The summed E-state index contributed by atoms with van der Waals surface area (Å²) in [6, 6.07) is 7.51. The molecule has 0 amide bonds. The van der Waals surface area contributed by atoms with Crippen LogP contribution in [0, 0.1) is 12.7 Å². The highest BCUT2D eigenvalue weighted by atomic mass is 19.1. The lowest BCUT2D eigenvalue weighted by Gasteiger charge is -2.19. The monoisotopic (exact) mass is 274 g/mol. The fourth-order valence-corrected chi connectivity index (χ4v) is 2.07. The molecule has 0 aliphatic heterocycles. The van der Waals surface area contributed by atoms with Crippen LogP contribution in [0.1, 0.15) is 17.0 Å². The van der Waals surface area contributed by atoms with E-state index in [4.69, 9.17) is 0 Å². The standard InChI is InChI=1S/C15H19FN4/c1-11-5-4-6-13(19-11)10-20(3)15-14(16)12(9-17-2)7-8-18-15/h4-8,17H,9-10H2,1-3H3. The van der Waals surface area contributed by atoms with Crippen LogP contribution < -0.4 is 10.2 Å². The Balaban J connectivity index is 2.21. The highest BCUT2D eigenvalue weighted by Gasteiger charge is 2.13. The zero-order valence-electron chi connectivity index (χ0n) is 12.0. The third-order valence-electron chi connectivity index (χ3n) is 3.02. The first-order valence-corrected chi connectivity index (χ1v) is 6.53. The third-order valence-corrected chi connectivity index (χ3v) is 3.02. The van der Waals surface area contributed by atoms with E-state index in [2.05, 4.69) is 15.3 Å². The van der Waals surface area contributed by atoms with Crippen molar-refractivity contribution in [2.75, 3.05) is 19.0 Å². The minimum atomic E-state index is -0.281. The summed E-state index contributed by atoms with van der Waals surface area (Å²) >= 11 is 0. The molecule has 20 heavy (non-hydrogen) atoms. The Morgan fingerprint density at radius 1 is 1.30 bits per heavy atom. The summed E-state index contributed by atoms with van der Waals surface area (Å²) in [6.07, 6.45) is 1.63. The number of aromatic nitrogens is 2. The number of anilines is 1. The molecule has 0 aromatic carbocycles. The molecule has 0 unspecified atom stereocenters. The summed E-state index contributed by atoms with van der Waals surface area (Å²) in [5.41, 5.74) is 2.46. The van der Waals surface area contributed by atoms with Gasteiger partial charge in [-0.25, -0.2) is 9.37 Å². The van der Waals surface area contributed by atoms with E-state index in [1.807, 2.05) is 32.2 Å². The van der Waals surface area contributed by atoms with Gasteiger partial charge in [-0.15, -0.1) is 0 Å². The van der Waals surface area contributed by atoms with Crippen molar-refractivity contribution in [3.63, 3.8) is 0 Å². The van der Waals surface area contributed by atoms with Gasteiger partial charge in [0.25, 0.3) is 0 Å². The van der Waals surface area contributed by atoms with Crippen LogP contribution in [0.3, 0.4) is 0 Å². The molecule has 0 radical (unpaired) electrons. The normalized spacial score (nSPS) is 10.6. The fourth-order valence-electron chi connectivity index (χ4n) is 2.07. The number of hydrogen-bond acceptors (Lipinski definition) is 4. The second kappa shape index (κ2) is 6.43. The molecule has 2 rings (SSSR count). The van der Waals surface area contributed by atoms with Crippen molar-refractivity contribution in [2.24, 2.45) is 0 Å². The number of rotatable bonds is 5. The van der Waals surface area contributed by atoms with E-state index < -0.39 is 0 Å². The van der Waals surface area contributed by atoms with Crippen molar-refractivity contribution >= 4 is 5.82 Å². The van der Waals surface area contributed by atoms with Crippen LogP contribution >= 0.6 is 0 Å². The molecule has 0 fully saturated rings. The van der Waals surface area contributed by atoms with Gasteiger partial charge in [0, 0.05) is 31.0 Å². The van der Waals surface area contributed by atoms with Gasteiger partial charge in [-0.2, -0.15) is 0 Å². The van der Waals surface area contributed by atoms with Crippen molar-refractivity contribution in [3.8, 4) is 0 Å². The Kier molecular flexibility index (Phi) is 4.63. The molecule has 0 aliphatic carbocycles. The highest BCUT2D eigenvalue weighted by molar-refractivity contribution is 5.42. The molecule has 5 heteroatoms. The predicted molar refractivity (Wildman–Crippen MR) is 78.0 cm³/mol. The molecule has 0 aliphatic rings. The largest absolute Gasteiger partial charge is 0.351 e. The van der Waals surface area contributed by atoms with Gasteiger partial charge in [-0.3, -0.25) is 4.98 Å². The maximum Gasteiger partial charge on any atom is 0.170 e. The van der Waals surface area contributed by atoms with Gasteiger partial charge in [0.1, 0.15) is 0 Å². The zero-order valence-corrected chi connectivity index (χ0v) is 12.0. The molecule has 2 heterocycles. The first-order valence-electron chi connectivity index (χ1n) is 6.53. The van der Waals surface area contributed by atoms with Crippen molar-refractivity contribution in [2.45, 2.75) is 20.0 Å². The second-order valence-corrected chi connectivity index (χ2v) is 4.76. The third kappa shape index (κ3) is 3.30. The molecule has 0 saturated carbocycles. The van der Waals surface area contributed by atoms with Crippen LogP contribution in [0.15, 0.2) is 30.5 Å². The van der Waals surface area contributed by atoms with Crippen molar-refractivity contribution in [1.82, 2.24) is 15.3 Å². The Morgan fingerprint density at radius 2 is 2.10 bits per heavy atom. The molecule has 4 nitrogen and oxygen atoms in total. The molecule has 106 valence electrons. The minimum absolute atomic E-state index is 0.281. The number of aryl methyl sites for hydroxylation is 1. The summed E-state index contributed by atoms with van der Waals surface area (Å²) in [5.74, 6) is 0.0676. The molecule has 0 bridgehead atoms. The fraction of sp³-hybridized carbons (Fsp3) is 0.333. The minimum Gasteiger partial charge on any atom is -0.351 e. The lowest BCUT2D eigenvalue weighted by atomic mass is 10.2. The molecular formula is C15H19FN4. The lowest BCUT2D eigenvalue weighted by Crippen LogP contribution is -2.21. The first-order chi connectivity index (χ1) is 9.61. The number of nitrogens with zero attached hydrogens (tertiary/aromatic N) is 3. The maximum absolute atomic E-state index is 14.3. The lowest BCUT2D eigenvalue weighted by molar-refractivity contribution is 0.589. The van der Waals surface area contributed by atoms with Crippen LogP contribution in [0.4, 0.5) is 10.2 Å². The second-order valence-electron chi connectivity index (χ2n) is 4.76. The molecule has 2 aromatic rings. The van der Waals surface area contributed by atoms with E-state index in [0.29, 0.717) is 24.5 Å². The van der Waals surface area contributed by atoms with Gasteiger partial charge >= 0.3 is 0 Å². The van der Waals surface area contributed by atoms with Crippen LogP contribution in [-0.2, 0) is 13.1 Å². The van der Waals surface area contributed by atoms with Crippen LogP contribution in [0.25, 0.3) is 0 Å². The number of hydrogen-bond donors (Lipinski definition) is 1. The van der Waals surface area contributed by atoms with Gasteiger partial charge in [-0.05, 0) is 32.2 Å².